The van der Waals surface area contributed by atoms with Crippen LogP contribution in [-0.4, -0.2) is 21.7 Å². The van der Waals surface area contributed by atoms with Gasteiger partial charge in [-0.05, 0) is 31.4 Å². The first-order valence-electron chi connectivity index (χ1n) is 6.40. The molecule has 1 amide bonds. The van der Waals surface area contributed by atoms with Crippen molar-refractivity contribution in [1.29, 1.82) is 0 Å². The lowest BCUT2D eigenvalue weighted by molar-refractivity contribution is -0.122. The number of nitrogens with two attached hydrogens (primary N) is 2. The molecule has 1 aromatic heterocycles. The molecule has 100 valence electrons. The van der Waals surface area contributed by atoms with Crippen LogP contribution in [0, 0.1) is 0 Å². The van der Waals surface area contributed by atoms with E-state index in [2.05, 4.69) is 23.2 Å². The van der Waals surface area contributed by atoms with E-state index in [1.807, 2.05) is 12.1 Å². The van der Waals surface area contributed by atoms with Crippen molar-refractivity contribution in [3.63, 3.8) is 0 Å². The number of fused-ring (bicyclic) bond motifs is 1. The highest BCUT2D eigenvalue weighted by Crippen LogP contribution is 2.39. The molecule has 5 N–H and O–H groups in total. The van der Waals surface area contributed by atoms with E-state index in [-0.39, 0.29) is 5.91 Å². The summed E-state index contributed by atoms with van der Waals surface area (Å²) in [6.45, 7) is 0. The molecule has 1 heterocycles. The molecule has 1 aromatic carbocycles. The van der Waals surface area contributed by atoms with Crippen LogP contribution in [0.3, 0.4) is 0 Å². The van der Waals surface area contributed by atoms with Crippen LogP contribution < -0.4 is 11.5 Å². The zero-order valence-corrected chi connectivity index (χ0v) is 11.4. The molecular weight excluding hydrogens is 258 g/mol. The van der Waals surface area contributed by atoms with Crippen molar-refractivity contribution in [3.05, 3.63) is 30.3 Å². The van der Waals surface area contributed by atoms with Gasteiger partial charge in [0, 0.05) is 16.2 Å². The normalized spacial score (nSPS) is 26.9. The molecule has 19 heavy (non-hydrogen) atoms. The summed E-state index contributed by atoms with van der Waals surface area (Å²) in [4.78, 5) is 14.7. The molecule has 0 radical (unpaired) electrons. The van der Waals surface area contributed by atoms with Crippen LogP contribution in [0.4, 0.5) is 0 Å². The first-order chi connectivity index (χ1) is 9.07. The molecule has 1 aliphatic carbocycles. The van der Waals surface area contributed by atoms with Crippen molar-refractivity contribution < 1.29 is 4.79 Å². The molecule has 4 nitrogen and oxygen atoms in total. The van der Waals surface area contributed by atoms with Gasteiger partial charge < -0.3 is 16.5 Å². The van der Waals surface area contributed by atoms with Crippen molar-refractivity contribution in [2.75, 3.05) is 0 Å². The Labute approximate surface area is 115 Å². The second-order valence-corrected chi connectivity index (χ2v) is 6.57. The Morgan fingerprint density at radius 1 is 1.42 bits per heavy atom. The number of carbonyl (C=O) groups excluding carboxylic acids is 1. The van der Waals surface area contributed by atoms with Gasteiger partial charge in [-0.1, -0.05) is 18.2 Å². The minimum Gasteiger partial charge on any atom is -0.368 e. The maximum atomic E-state index is 11.3. The SMILES string of the molecule is NC(=O)C1(N)CCC(Sc2cc3ccccc3[nH]2)C1. The van der Waals surface area contributed by atoms with Gasteiger partial charge in [-0.2, -0.15) is 0 Å². The Morgan fingerprint density at radius 3 is 2.89 bits per heavy atom. The second-order valence-electron chi connectivity index (χ2n) is 5.22. The zero-order chi connectivity index (χ0) is 13.5. The number of hydrogen-bond donors (Lipinski definition) is 3. The predicted octanol–water partition coefficient (Wildman–Crippen LogP) is 2.00. The first-order valence-corrected chi connectivity index (χ1v) is 7.28. The van der Waals surface area contributed by atoms with Gasteiger partial charge in [0.05, 0.1) is 10.6 Å². The lowest BCUT2D eigenvalue weighted by Crippen LogP contribution is -2.50. The van der Waals surface area contributed by atoms with Gasteiger partial charge in [-0.3, -0.25) is 4.79 Å². The molecular formula is C14H17N3OS. The predicted molar refractivity (Wildman–Crippen MR) is 77.9 cm³/mol. The van der Waals surface area contributed by atoms with Crippen LogP contribution in [0.25, 0.3) is 10.9 Å². The van der Waals surface area contributed by atoms with Crippen LogP contribution in [0.15, 0.2) is 35.4 Å². The molecule has 2 aromatic rings. The number of aromatic amines is 1. The fourth-order valence-electron chi connectivity index (χ4n) is 2.64. The fraction of sp³-hybridized carbons (Fsp3) is 0.357. The number of hydrogen-bond acceptors (Lipinski definition) is 3. The van der Waals surface area contributed by atoms with E-state index in [9.17, 15) is 4.79 Å². The summed E-state index contributed by atoms with van der Waals surface area (Å²) < 4.78 is 0. The van der Waals surface area contributed by atoms with Gasteiger partial charge in [0.15, 0.2) is 0 Å². The molecule has 0 saturated heterocycles. The maximum Gasteiger partial charge on any atom is 0.237 e. The summed E-state index contributed by atoms with van der Waals surface area (Å²) >= 11 is 1.75. The van der Waals surface area contributed by atoms with Crippen LogP contribution in [0.2, 0.25) is 0 Å². The number of nitrogens with one attached hydrogen (secondary N) is 1. The molecule has 1 saturated carbocycles. The second kappa shape index (κ2) is 4.58. The highest BCUT2D eigenvalue weighted by Gasteiger charge is 2.40. The third-order valence-corrected chi connectivity index (χ3v) is 5.00. The summed E-state index contributed by atoms with van der Waals surface area (Å²) in [5, 5.41) is 2.68. The van der Waals surface area contributed by atoms with Crippen LogP contribution in [-0.2, 0) is 4.79 Å². The van der Waals surface area contributed by atoms with Crippen molar-refractivity contribution in [2.45, 2.75) is 35.1 Å². The largest absolute Gasteiger partial charge is 0.368 e. The summed E-state index contributed by atoms with van der Waals surface area (Å²) in [7, 11) is 0. The number of para-hydroxylation sites is 1. The molecule has 1 fully saturated rings. The number of aromatic nitrogens is 1. The summed E-state index contributed by atoms with van der Waals surface area (Å²) in [5.41, 5.74) is 11.7. The summed E-state index contributed by atoms with van der Waals surface area (Å²) in [5.74, 6) is -0.382. The lowest BCUT2D eigenvalue weighted by Gasteiger charge is -2.19. The molecule has 0 aliphatic heterocycles. The van der Waals surface area contributed by atoms with E-state index < -0.39 is 5.54 Å². The lowest BCUT2D eigenvalue weighted by atomic mass is 9.99. The molecule has 0 spiro atoms. The molecule has 2 atom stereocenters. The standard InChI is InChI=1S/C14H17N3OS/c15-13(18)14(16)6-5-10(8-14)19-12-7-9-3-1-2-4-11(9)17-12/h1-4,7,10,17H,5-6,8,16H2,(H2,15,18). The monoisotopic (exact) mass is 275 g/mol. The Kier molecular flexibility index (Phi) is 3.03. The summed E-state index contributed by atoms with van der Waals surface area (Å²) in [6, 6.07) is 10.3. The number of primary amides is 1. The number of thioether (sulfide) groups is 1. The fourth-order valence-corrected chi connectivity index (χ4v) is 3.98. The quantitative estimate of drug-likeness (QED) is 0.801. The van der Waals surface area contributed by atoms with Gasteiger partial charge in [-0.25, -0.2) is 0 Å². The highest BCUT2D eigenvalue weighted by atomic mass is 32.2. The minimum atomic E-state index is -0.816. The van der Waals surface area contributed by atoms with E-state index >= 15 is 0 Å². The van der Waals surface area contributed by atoms with E-state index in [0.717, 1.165) is 17.0 Å². The average Bonchev–Trinajstić information content (AvgIpc) is 2.93. The Hall–Kier alpha value is -1.46. The van der Waals surface area contributed by atoms with Crippen LogP contribution in [0.1, 0.15) is 19.3 Å². The number of rotatable bonds is 3. The van der Waals surface area contributed by atoms with Crippen LogP contribution >= 0.6 is 11.8 Å². The van der Waals surface area contributed by atoms with E-state index in [1.54, 1.807) is 11.8 Å². The Morgan fingerprint density at radius 2 is 2.21 bits per heavy atom. The molecule has 3 rings (SSSR count). The number of benzene rings is 1. The van der Waals surface area contributed by atoms with E-state index in [0.29, 0.717) is 18.1 Å². The third-order valence-electron chi connectivity index (χ3n) is 3.79. The Balaban J connectivity index is 1.74. The minimum absolute atomic E-state index is 0.352. The number of H-pyrrole nitrogens is 1. The van der Waals surface area contributed by atoms with E-state index in [1.165, 1.54) is 5.39 Å². The van der Waals surface area contributed by atoms with Crippen molar-refractivity contribution in [2.24, 2.45) is 11.5 Å². The van der Waals surface area contributed by atoms with Gasteiger partial charge in [0.1, 0.15) is 0 Å². The van der Waals surface area contributed by atoms with Crippen molar-refractivity contribution in [1.82, 2.24) is 4.98 Å². The summed E-state index contributed by atoms with van der Waals surface area (Å²) in [6.07, 6.45) is 2.27. The van der Waals surface area contributed by atoms with Gasteiger partial charge in [0.2, 0.25) is 5.91 Å². The highest BCUT2D eigenvalue weighted by molar-refractivity contribution is 7.99. The smallest absolute Gasteiger partial charge is 0.237 e. The molecule has 1 aliphatic rings. The van der Waals surface area contributed by atoms with Gasteiger partial charge in [0.25, 0.3) is 0 Å². The Bertz CT molecular complexity index is 591. The molecule has 2 unspecified atom stereocenters. The zero-order valence-electron chi connectivity index (χ0n) is 10.6. The number of carbonyl (C=O) groups is 1. The van der Waals surface area contributed by atoms with Gasteiger partial charge >= 0.3 is 0 Å². The average molecular weight is 275 g/mol. The third kappa shape index (κ3) is 2.35. The number of amides is 1. The molecule has 5 heteroatoms. The topological polar surface area (TPSA) is 84.9 Å². The maximum absolute atomic E-state index is 11.3. The first kappa shape index (κ1) is 12.6. The van der Waals surface area contributed by atoms with Crippen LogP contribution in [0.5, 0.6) is 0 Å². The van der Waals surface area contributed by atoms with Crippen molar-refractivity contribution in [3.8, 4) is 0 Å². The van der Waals surface area contributed by atoms with E-state index in [4.69, 9.17) is 11.5 Å². The van der Waals surface area contributed by atoms with Gasteiger partial charge in [-0.15, -0.1) is 11.8 Å². The molecule has 0 bridgehead atoms. The van der Waals surface area contributed by atoms with Crippen molar-refractivity contribution >= 4 is 28.6 Å².